The number of unbranched alkanes of at least 4 members (excludes halogenated alkanes) is 7. The third-order valence-corrected chi connectivity index (χ3v) is 7.44. The summed E-state index contributed by atoms with van der Waals surface area (Å²) < 4.78 is 29.8. The maximum Gasteiger partial charge on any atom is 0.270 e. The number of aryl methyl sites for hydroxylation is 1. The molecule has 7 nitrogen and oxygen atoms in total. The lowest BCUT2D eigenvalue weighted by Crippen LogP contribution is -2.35. The first-order chi connectivity index (χ1) is 13.3. The van der Waals surface area contributed by atoms with Gasteiger partial charge in [0.1, 0.15) is 0 Å². The molecule has 1 aromatic rings. The van der Waals surface area contributed by atoms with Crippen molar-refractivity contribution in [1.82, 2.24) is 14.5 Å². The summed E-state index contributed by atoms with van der Waals surface area (Å²) in [6, 6.07) is -0.0779. The highest BCUT2D eigenvalue weighted by atomic mass is 32.2. The number of carbonyl (C=O) groups is 1. The minimum atomic E-state index is -3.72. The summed E-state index contributed by atoms with van der Waals surface area (Å²) in [5.74, 6) is -0.378. The number of hydrogen-bond donors (Lipinski definition) is 1. The maximum atomic E-state index is 12.8. The van der Waals surface area contributed by atoms with Crippen LogP contribution in [0.5, 0.6) is 0 Å². The summed E-state index contributed by atoms with van der Waals surface area (Å²) in [5, 5.41) is 4.06. The monoisotopic (exact) mass is 432 g/mol. The quantitative estimate of drug-likeness (QED) is 0.451. The average molecular weight is 433 g/mol. The Hall–Kier alpha value is -1.06. The molecule has 0 bridgehead atoms. The molecule has 0 spiro atoms. The minimum absolute atomic E-state index is 0.0421. The molecule has 0 saturated heterocycles. The number of sulfonamides is 1. The van der Waals surface area contributed by atoms with Crippen molar-refractivity contribution in [2.45, 2.75) is 102 Å². The van der Waals surface area contributed by atoms with Crippen LogP contribution in [0.3, 0.4) is 0 Å². The highest BCUT2D eigenvalue weighted by Gasteiger charge is 2.24. The standard InChI is InChI=1S/C19H36N4O3S2/c1-5-7-9-11-13-15-17(14-12-10-8-6-2)22-28(25,26)19-21-23(4)18(27-19)20-16(3)24/h17,22H,5-15H2,1-4H3/b20-18+. The summed E-state index contributed by atoms with van der Waals surface area (Å²) >= 11 is 0.918. The molecule has 9 heteroatoms. The molecular weight excluding hydrogens is 396 g/mol. The molecule has 162 valence electrons. The van der Waals surface area contributed by atoms with Gasteiger partial charge in [0.15, 0.2) is 0 Å². The van der Waals surface area contributed by atoms with E-state index in [1.165, 1.54) is 37.3 Å². The predicted octanol–water partition coefficient (Wildman–Crippen LogP) is 3.91. The smallest absolute Gasteiger partial charge is 0.270 e. The zero-order chi connectivity index (χ0) is 21.0. The molecule has 1 unspecified atom stereocenters. The van der Waals surface area contributed by atoms with E-state index in [2.05, 4.69) is 28.7 Å². The van der Waals surface area contributed by atoms with E-state index in [-0.39, 0.29) is 21.1 Å². The predicted molar refractivity (Wildman–Crippen MR) is 114 cm³/mol. The minimum Gasteiger partial charge on any atom is -0.273 e. The molecule has 0 fully saturated rings. The van der Waals surface area contributed by atoms with E-state index in [1.54, 1.807) is 7.05 Å². The van der Waals surface area contributed by atoms with Crippen LogP contribution in [0.4, 0.5) is 0 Å². The third-order valence-electron chi connectivity index (χ3n) is 4.55. The van der Waals surface area contributed by atoms with Crippen LogP contribution in [-0.2, 0) is 21.9 Å². The Morgan fingerprint density at radius 1 is 1.07 bits per heavy atom. The Morgan fingerprint density at radius 3 is 2.14 bits per heavy atom. The zero-order valence-corrected chi connectivity index (χ0v) is 19.4. The van der Waals surface area contributed by atoms with Crippen LogP contribution in [0, 0.1) is 0 Å². The normalized spacial score (nSPS) is 13.8. The second-order valence-corrected chi connectivity index (χ2v) is 10.1. The number of rotatable bonds is 14. The molecule has 0 aromatic carbocycles. The fourth-order valence-corrected chi connectivity index (χ4v) is 5.49. The van der Waals surface area contributed by atoms with Crippen LogP contribution in [-0.4, -0.2) is 30.1 Å². The molecule has 0 aliphatic rings. The van der Waals surface area contributed by atoms with Crippen molar-refractivity contribution in [2.24, 2.45) is 12.0 Å². The Kier molecular flexibility index (Phi) is 11.8. The van der Waals surface area contributed by atoms with Crippen LogP contribution < -0.4 is 9.52 Å². The Labute approximate surface area is 173 Å². The number of hydrogen-bond acceptors (Lipinski definition) is 5. The maximum absolute atomic E-state index is 12.8. The molecule has 0 radical (unpaired) electrons. The highest BCUT2D eigenvalue weighted by Crippen LogP contribution is 2.16. The van der Waals surface area contributed by atoms with Gasteiger partial charge in [-0.2, -0.15) is 4.99 Å². The van der Waals surface area contributed by atoms with Gasteiger partial charge in [0.25, 0.3) is 10.0 Å². The van der Waals surface area contributed by atoms with Gasteiger partial charge in [-0.05, 0) is 12.8 Å². The van der Waals surface area contributed by atoms with Gasteiger partial charge in [-0.1, -0.05) is 83.0 Å². The molecule has 1 atom stereocenters. The number of nitrogens with one attached hydrogen (secondary N) is 1. The lowest BCUT2D eigenvalue weighted by Gasteiger charge is -2.18. The molecular formula is C19H36N4O3S2. The van der Waals surface area contributed by atoms with Gasteiger partial charge in [0, 0.05) is 20.0 Å². The van der Waals surface area contributed by atoms with E-state index in [9.17, 15) is 13.2 Å². The molecule has 28 heavy (non-hydrogen) atoms. The van der Waals surface area contributed by atoms with Crippen molar-refractivity contribution in [2.75, 3.05) is 0 Å². The van der Waals surface area contributed by atoms with Gasteiger partial charge < -0.3 is 0 Å². The third kappa shape index (κ3) is 9.43. The first-order valence-electron chi connectivity index (χ1n) is 10.4. The molecule has 1 heterocycles. The molecule has 0 aliphatic heterocycles. The fourth-order valence-electron chi connectivity index (χ4n) is 3.01. The van der Waals surface area contributed by atoms with Gasteiger partial charge in [0.2, 0.25) is 15.0 Å². The lowest BCUT2D eigenvalue weighted by molar-refractivity contribution is -0.116. The Balaban J connectivity index is 2.81. The van der Waals surface area contributed by atoms with Crippen LogP contribution in [0.15, 0.2) is 9.33 Å². The number of amides is 1. The van der Waals surface area contributed by atoms with E-state index >= 15 is 0 Å². The largest absolute Gasteiger partial charge is 0.273 e. The summed E-state index contributed by atoms with van der Waals surface area (Å²) in [5.41, 5.74) is 0. The van der Waals surface area contributed by atoms with Crippen LogP contribution >= 0.6 is 11.3 Å². The van der Waals surface area contributed by atoms with Crippen molar-refractivity contribution in [3.8, 4) is 0 Å². The number of carbonyl (C=O) groups excluding carboxylic acids is 1. The Morgan fingerprint density at radius 2 is 1.61 bits per heavy atom. The van der Waals surface area contributed by atoms with Crippen molar-refractivity contribution in [1.29, 1.82) is 0 Å². The average Bonchev–Trinajstić information content (AvgIpc) is 2.99. The highest BCUT2D eigenvalue weighted by molar-refractivity contribution is 7.91. The first kappa shape index (κ1) is 25.0. The molecule has 0 aliphatic carbocycles. The SMILES string of the molecule is CCCCCCCC(CCCCCC)NS(=O)(=O)c1nn(C)/c(=N\C(C)=O)s1. The molecule has 1 rings (SSSR count). The van der Waals surface area contributed by atoms with Crippen LogP contribution in [0.2, 0.25) is 0 Å². The second kappa shape index (κ2) is 13.2. The van der Waals surface area contributed by atoms with E-state index < -0.39 is 10.0 Å². The van der Waals surface area contributed by atoms with Gasteiger partial charge in [0.05, 0.1) is 0 Å². The van der Waals surface area contributed by atoms with E-state index in [1.807, 2.05) is 0 Å². The van der Waals surface area contributed by atoms with E-state index in [4.69, 9.17) is 0 Å². The van der Waals surface area contributed by atoms with E-state index in [0.29, 0.717) is 0 Å². The van der Waals surface area contributed by atoms with Crippen molar-refractivity contribution in [3.63, 3.8) is 0 Å². The Bertz CT molecular complexity index is 753. The summed E-state index contributed by atoms with van der Waals surface area (Å²) in [6.07, 6.45) is 11.9. The second-order valence-electron chi connectivity index (χ2n) is 7.28. The van der Waals surface area contributed by atoms with Gasteiger partial charge >= 0.3 is 0 Å². The van der Waals surface area contributed by atoms with E-state index in [0.717, 1.165) is 56.3 Å². The number of nitrogens with zero attached hydrogens (tertiary/aromatic N) is 3. The number of aromatic nitrogens is 2. The van der Waals surface area contributed by atoms with Gasteiger partial charge in [-0.3, -0.25) is 4.79 Å². The summed E-state index contributed by atoms with van der Waals surface area (Å²) in [4.78, 5) is 15.3. The lowest BCUT2D eigenvalue weighted by atomic mass is 10.0. The topological polar surface area (TPSA) is 93.4 Å². The molecule has 1 aromatic heterocycles. The van der Waals surface area contributed by atoms with Crippen molar-refractivity contribution in [3.05, 3.63) is 4.80 Å². The summed E-state index contributed by atoms with van der Waals surface area (Å²) in [7, 11) is -2.13. The van der Waals surface area contributed by atoms with Gasteiger partial charge in [-0.25, -0.2) is 17.8 Å². The molecule has 0 saturated carbocycles. The van der Waals surface area contributed by atoms with Crippen LogP contribution in [0.1, 0.15) is 91.4 Å². The van der Waals surface area contributed by atoms with Crippen molar-refractivity contribution < 1.29 is 13.2 Å². The fraction of sp³-hybridized carbons (Fsp3) is 0.842. The van der Waals surface area contributed by atoms with Crippen molar-refractivity contribution >= 4 is 27.3 Å². The molecule has 1 N–H and O–H groups in total. The van der Waals surface area contributed by atoms with Gasteiger partial charge in [-0.15, -0.1) is 5.10 Å². The van der Waals surface area contributed by atoms with Crippen LogP contribution in [0.25, 0.3) is 0 Å². The molecule has 1 amide bonds. The first-order valence-corrected chi connectivity index (χ1v) is 12.7. The zero-order valence-electron chi connectivity index (χ0n) is 17.7. The summed E-state index contributed by atoms with van der Waals surface area (Å²) in [6.45, 7) is 5.68.